The van der Waals surface area contributed by atoms with Gasteiger partial charge in [-0.15, -0.1) is 0 Å². The molecule has 1 spiro atoms. The molecule has 2 aliphatic carbocycles. The second kappa shape index (κ2) is 13.4. The van der Waals surface area contributed by atoms with Gasteiger partial charge < -0.3 is 38.3 Å². The standard InChI is InChI=1S/C34H48O14/c1-15(2)11-27(39)47-25-13-26(45-21(8)37)33(14-42-33)28-30(46-22(9)38)34(41)18(5)31(40)48-29(34)17(4)16(3)23(43-19(6)35)12-24(32(25,28)10)44-20(7)36/h15,17-18,23-26,28-30,41H,3,11-14H2,1-2,4-10H3. The summed E-state index contributed by atoms with van der Waals surface area (Å²) in [5, 5.41) is 12.9. The minimum atomic E-state index is -2.29. The Bertz CT molecular complexity index is 1350. The molecule has 2 heterocycles. The van der Waals surface area contributed by atoms with Crippen LogP contribution in [0.5, 0.6) is 0 Å². The molecular weight excluding hydrogens is 632 g/mol. The molecule has 1 N–H and O–H groups in total. The molecule has 2 saturated heterocycles. The van der Waals surface area contributed by atoms with E-state index in [2.05, 4.69) is 6.58 Å². The van der Waals surface area contributed by atoms with E-state index < -0.39 is 107 Å². The molecule has 0 bridgehead atoms. The Morgan fingerprint density at radius 3 is 1.90 bits per heavy atom. The molecule has 12 unspecified atom stereocenters. The molecular formula is C34H48O14. The quantitative estimate of drug-likeness (QED) is 0.178. The van der Waals surface area contributed by atoms with Crippen molar-refractivity contribution in [3.63, 3.8) is 0 Å². The van der Waals surface area contributed by atoms with Crippen LogP contribution in [-0.4, -0.2) is 95.4 Å². The van der Waals surface area contributed by atoms with Crippen LogP contribution in [0.2, 0.25) is 0 Å². The Balaban J connectivity index is 2.11. The Labute approximate surface area is 280 Å². The highest BCUT2D eigenvalue weighted by molar-refractivity contribution is 5.77. The molecule has 14 nitrogen and oxygen atoms in total. The van der Waals surface area contributed by atoms with E-state index in [4.69, 9.17) is 33.2 Å². The van der Waals surface area contributed by atoms with Gasteiger partial charge in [-0.3, -0.25) is 28.8 Å². The van der Waals surface area contributed by atoms with E-state index in [9.17, 15) is 33.9 Å². The summed E-state index contributed by atoms with van der Waals surface area (Å²) >= 11 is 0. The first-order chi connectivity index (χ1) is 22.2. The van der Waals surface area contributed by atoms with Crippen LogP contribution in [0.1, 0.15) is 81.6 Å². The van der Waals surface area contributed by atoms with Gasteiger partial charge in [0.2, 0.25) is 0 Å². The van der Waals surface area contributed by atoms with E-state index in [-0.39, 0.29) is 37.4 Å². The first kappa shape index (κ1) is 37.3. The topological polar surface area (TPSA) is 191 Å². The monoisotopic (exact) mass is 680 g/mol. The summed E-state index contributed by atoms with van der Waals surface area (Å²) in [5.41, 5.74) is -5.15. The summed E-state index contributed by atoms with van der Waals surface area (Å²) in [6.45, 7) is 17.2. The minimum Gasteiger partial charge on any atom is -0.462 e. The van der Waals surface area contributed by atoms with E-state index in [1.165, 1.54) is 27.7 Å². The molecule has 4 rings (SSSR count). The Hall–Kier alpha value is -3.52. The fourth-order valence-electron chi connectivity index (χ4n) is 8.14. The van der Waals surface area contributed by atoms with E-state index in [1.807, 2.05) is 13.8 Å². The number of esters is 6. The largest absolute Gasteiger partial charge is 0.462 e. The Kier molecular flexibility index (Phi) is 10.4. The summed E-state index contributed by atoms with van der Waals surface area (Å²) in [4.78, 5) is 77.5. The zero-order valence-corrected chi connectivity index (χ0v) is 29.1. The lowest BCUT2D eigenvalue weighted by Crippen LogP contribution is -2.73. The third-order valence-electron chi connectivity index (χ3n) is 10.5. The number of carbonyl (C=O) groups excluding carboxylic acids is 6. The molecule has 2 saturated carbocycles. The van der Waals surface area contributed by atoms with Crippen LogP contribution in [0.4, 0.5) is 0 Å². The molecule has 14 heteroatoms. The Morgan fingerprint density at radius 2 is 1.40 bits per heavy atom. The van der Waals surface area contributed by atoms with Gasteiger partial charge in [0.25, 0.3) is 0 Å². The maximum atomic E-state index is 13.4. The third-order valence-corrected chi connectivity index (χ3v) is 10.5. The van der Waals surface area contributed by atoms with Crippen molar-refractivity contribution in [3.05, 3.63) is 12.2 Å². The third kappa shape index (κ3) is 6.57. The van der Waals surface area contributed by atoms with E-state index in [0.29, 0.717) is 0 Å². The highest BCUT2D eigenvalue weighted by Crippen LogP contribution is 2.63. The summed E-state index contributed by atoms with van der Waals surface area (Å²) in [7, 11) is 0. The lowest BCUT2D eigenvalue weighted by Gasteiger charge is -2.58. The Morgan fingerprint density at radius 1 is 0.875 bits per heavy atom. The molecule has 0 radical (unpaired) electrons. The van der Waals surface area contributed by atoms with E-state index in [0.717, 1.165) is 6.92 Å². The van der Waals surface area contributed by atoms with Gasteiger partial charge in [-0.2, -0.15) is 0 Å². The second-order valence-electron chi connectivity index (χ2n) is 14.3. The SMILES string of the molecule is C=C1C(OC(C)=O)CC(OC(C)=O)C2(C)C(OC(=O)CC(C)C)CC(OC(C)=O)C3(CO3)C2C(OC(C)=O)C2(O)C(C)C(=O)OC2C1C. The minimum absolute atomic E-state index is 0.0124. The average molecular weight is 681 g/mol. The number of carbonyl (C=O) groups is 6. The van der Waals surface area contributed by atoms with Crippen molar-refractivity contribution in [1.82, 2.24) is 0 Å². The van der Waals surface area contributed by atoms with Gasteiger partial charge in [-0.1, -0.05) is 34.3 Å². The maximum Gasteiger partial charge on any atom is 0.312 e. The van der Waals surface area contributed by atoms with Crippen LogP contribution in [-0.2, 0) is 61.9 Å². The molecule has 48 heavy (non-hydrogen) atoms. The van der Waals surface area contributed by atoms with Gasteiger partial charge in [0.15, 0.2) is 5.60 Å². The molecule has 268 valence electrons. The van der Waals surface area contributed by atoms with E-state index in [1.54, 1.807) is 13.8 Å². The van der Waals surface area contributed by atoms with Crippen molar-refractivity contribution in [2.75, 3.05) is 6.61 Å². The van der Waals surface area contributed by atoms with Crippen LogP contribution >= 0.6 is 0 Å². The smallest absolute Gasteiger partial charge is 0.312 e. The fraction of sp³-hybridized carbons (Fsp3) is 0.765. The number of fused-ring (bicyclic) bond motifs is 3. The van der Waals surface area contributed by atoms with Crippen molar-refractivity contribution >= 4 is 35.8 Å². The highest BCUT2D eigenvalue weighted by atomic mass is 16.6. The van der Waals surface area contributed by atoms with Gasteiger partial charge in [0.05, 0.1) is 17.9 Å². The lowest BCUT2D eigenvalue weighted by molar-refractivity contribution is -0.264. The van der Waals surface area contributed by atoms with Crippen LogP contribution in [0.3, 0.4) is 0 Å². The normalized spacial score (nSPS) is 40.5. The molecule has 2 aliphatic heterocycles. The molecule has 0 aromatic carbocycles. The van der Waals surface area contributed by atoms with Gasteiger partial charge in [-0.25, -0.2) is 0 Å². The fourth-order valence-corrected chi connectivity index (χ4v) is 8.14. The summed E-state index contributed by atoms with van der Waals surface area (Å²) in [5.74, 6) is -7.87. The van der Waals surface area contributed by atoms with Crippen molar-refractivity contribution in [1.29, 1.82) is 0 Å². The number of aliphatic hydroxyl groups is 1. The van der Waals surface area contributed by atoms with Crippen molar-refractivity contribution in [2.45, 2.75) is 129 Å². The number of hydrogen-bond donors (Lipinski definition) is 1. The lowest BCUT2D eigenvalue weighted by atomic mass is 9.51. The van der Waals surface area contributed by atoms with Crippen LogP contribution < -0.4 is 0 Å². The number of rotatable bonds is 7. The summed E-state index contributed by atoms with van der Waals surface area (Å²) < 4.78 is 41.7. The number of hydrogen-bond acceptors (Lipinski definition) is 14. The van der Waals surface area contributed by atoms with Crippen LogP contribution in [0.15, 0.2) is 12.2 Å². The van der Waals surface area contributed by atoms with Gasteiger partial charge in [0.1, 0.15) is 42.2 Å². The van der Waals surface area contributed by atoms with Gasteiger partial charge >= 0.3 is 35.8 Å². The zero-order chi connectivity index (χ0) is 36.1. The van der Waals surface area contributed by atoms with Crippen LogP contribution in [0.25, 0.3) is 0 Å². The number of ether oxygens (including phenoxy) is 7. The molecule has 0 aromatic heterocycles. The van der Waals surface area contributed by atoms with Crippen molar-refractivity contribution in [2.24, 2.45) is 29.1 Å². The molecule has 12 atom stereocenters. The highest BCUT2D eigenvalue weighted by Gasteiger charge is 2.79. The molecule has 0 aromatic rings. The van der Waals surface area contributed by atoms with Gasteiger partial charge in [-0.05, 0) is 18.4 Å². The van der Waals surface area contributed by atoms with Crippen LogP contribution in [0, 0.1) is 29.1 Å². The molecule has 0 amide bonds. The van der Waals surface area contributed by atoms with Gasteiger partial charge in [0, 0.05) is 58.8 Å². The zero-order valence-electron chi connectivity index (χ0n) is 29.1. The van der Waals surface area contributed by atoms with E-state index >= 15 is 0 Å². The summed E-state index contributed by atoms with van der Waals surface area (Å²) in [6, 6.07) is 0. The summed E-state index contributed by atoms with van der Waals surface area (Å²) in [6.07, 6.45) is -8.04. The molecule has 4 fully saturated rings. The predicted octanol–water partition coefficient (Wildman–Crippen LogP) is 2.35. The first-order valence-electron chi connectivity index (χ1n) is 16.3. The molecule has 4 aliphatic rings. The second-order valence-corrected chi connectivity index (χ2v) is 14.3. The average Bonchev–Trinajstić information content (AvgIpc) is 3.70. The first-order valence-corrected chi connectivity index (χ1v) is 16.3. The maximum absolute atomic E-state index is 13.4. The van der Waals surface area contributed by atoms with Crippen molar-refractivity contribution in [3.8, 4) is 0 Å². The predicted molar refractivity (Wildman–Crippen MR) is 163 cm³/mol. The van der Waals surface area contributed by atoms with Crippen molar-refractivity contribution < 1.29 is 67.0 Å². The number of epoxide rings is 1.